The molecule has 0 fully saturated rings. The summed E-state index contributed by atoms with van der Waals surface area (Å²) in [4.78, 5) is 36.2. The Morgan fingerprint density at radius 1 is 1.30 bits per heavy atom. The van der Waals surface area contributed by atoms with Crippen LogP contribution in [-0.2, 0) is 12.8 Å². The van der Waals surface area contributed by atoms with Crippen LogP contribution >= 0.6 is 11.3 Å². The second-order valence-electron chi connectivity index (χ2n) is 6.04. The molecule has 0 saturated carbocycles. The van der Waals surface area contributed by atoms with Gasteiger partial charge in [-0.1, -0.05) is 19.4 Å². The predicted octanol–water partition coefficient (Wildman–Crippen LogP) is 2.85. The monoisotopic (exact) mass is 327 g/mol. The van der Waals surface area contributed by atoms with Gasteiger partial charge in [0.15, 0.2) is 5.82 Å². The van der Waals surface area contributed by atoms with Crippen molar-refractivity contribution in [2.75, 3.05) is 0 Å². The minimum Gasteiger partial charge on any atom is -0.319 e. The molecule has 0 saturated heterocycles. The normalized spacial score (nSPS) is 17.3. The third-order valence-electron chi connectivity index (χ3n) is 4.62. The lowest BCUT2D eigenvalue weighted by Gasteiger charge is -2.20. The Bertz CT molecular complexity index is 999. The van der Waals surface area contributed by atoms with Gasteiger partial charge in [-0.3, -0.25) is 9.59 Å². The van der Waals surface area contributed by atoms with Crippen molar-refractivity contribution >= 4 is 21.6 Å². The van der Waals surface area contributed by atoms with Crippen LogP contribution in [-0.4, -0.2) is 15.0 Å². The molecule has 118 valence electrons. The first-order valence-corrected chi connectivity index (χ1v) is 8.71. The highest BCUT2D eigenvalue weighted by molar-refractivity contribution is 7.18. The van der Waals surface area contributed by atoms with Crippen LogP contribution in [0, 0.1) is 5.92 Å². The van der Waals surface area contributed by atoms with Crippen molar-refractivity contribution in [1.29, 1.82) is 0 Å². The molecule has 0 aliphatic heterocycles. The number of aromatic nitrogens is 3. The Labute approximate surface area is 136 Å². The summed E-state index contributed by atoms with van der Waals surface area (Å²) >= 11 is 1.62. The van der Waals surface area contributed by atoms with E-state index in [9.17, 15) is 9.59 Å². The molecule has 2 N–H and O–H groups in total. The van der Waals surface area contributed by atoms with Crippen molar-refractivity contribution in [2.45, 2.75) is 32.6 Å². The second-order valence-corrected chi connectivity index (χ2v) is 7.13. The fourth-order valence-electron chi connectivity index (χ4n) is 3.31. The lowest BCUT2D eigenvalue weighted by Crippen LogP contribution is -2.15. The van der Waals surface area contributed by atoms with Gasteiger partial charge in [0.05, 0.1) is 11.1 Å². The third-order valence-corrected chi connectivity index (χ3v) is 5.77. The lowest BCUT2D eigenvalue weighted by atomic mass is 9.86. The van der Waals surface area contributed by atoms with Crippen molar-refractivity contribution in [1.82, 2.24) is 15.0 Å². The molecule has 3 aromatic heterocycles. The van der Waals surface area contributed by atoms with Crippen molar-refractivity contribution in [3.05, 3.63) is 49.3 Å². The van der Waals surface area contributed by atoms with E-state index < -0.39 is 0 Å². The average Bonchev–Trinajstić information content (AvgIpc) is 2.92. The summed E-state index contributed by atoms with van der Waals surface area (Å²) in [7, 11) is 0. The molecule has 1 atom stereocenters. The molecule has 3 heterocycles. The highest BCUT2D eigenvalue weighted by atomic mass is 32.1. The standard InChI is InChI=1S/C17H17N3O2S/c1-2-9-6-7-10-12(8-9)23-17-14(10)16(22)19-15(20-17)11-4-3-5-13(21)18-11/h3-5,9H,2,6-8H2,1H3,(H,18,21)(H,19,20,22)/t9-/m1/s1. The van der Waals surface area contributed by atoms with Gasteiger partial charge in [-0.2, -0.15) is 0 Å². The van der Waals surface area contributed by atoms with E-state index in [1.54, 1.807) is 23.5 Å². The van der Waals surface area contributed by atoms with Gasteiger partial charge < -0.3 is 9.97 Å². The van der Waals surface area contributed by atoms with Gasteiger partial charge in [0.1, 0.15) is 4.83 Å². The number of pyridine rings is 1. The number of hydrogen-bond acceptors (Lipinski definition) is 4. The summed E-state index contributed by atoms with van der Waals surface area (Å²) in [6.07, 6.45) is 4.32. The number of aryl methyl sites for hydroxylation is 1. The average molecular weight is 327 g/mol. The van der Waals surface area contributed by atoms with Crippen LogP contribution in [0.4, 0.5) is 0 Å². The zero-order valence-electron chi connectivity index (χ0n) is 12.8. The highest BCUT2D eigenvalue weighted by Gasteiger charge is 2.24. The Kier molecular flexibility index (Phi) is 3.41. The smallest absolute Gasteiger partial charge is 0.260 e. The predicted molar refractivity (Wildman–Crippen MR) is 92.1 cm³/mol. The summed E-state index contributed by atoms with van der Waals surface area (Å²) in [6.45, 7) is 2.22. The molecule has 0 bridgehead atoms. The maximum Gasteiger partial charge on any atom is 0.260 e. The number of hydrogen-bond donors (Lipinski definition) is 2. The fraction of sp³-hybridized carbons (Fsp3) is 0.353. The Morgan fingerprint density at radius 3 is 2.96 bits per heavy atom. The zero-order valence-corrected chi connectivity index (χ0v) is 13.6. The minimum absolute atomic E-state index is 0.109. The number of nitrogens with zero attached hydrogens (tertiary/aromatic N) is 1. The van der Waals surface area contributed by atoms with E-state index in [4.69, 9.17) is 0 Å². The second kappa shape index (κ2) is 5.45. The van der Waals surface area contributed by atoms with Crippen molar-refractivity contribution in [3.8, 4) is 11.5 Å². The summed E-state index contributed by atoms with van der Waals surface area (Å²) < 4.78 is 0. The van der Waals surface area contributed by atoms with E-state index in [0.29, 0.717) is 17.4 Å². The summed E-state index contributed by atoms with van der Waals surface area (Å²) in [5.74, 6) is 1.13. The van der Waals surface area contributed by atoms with Crippen molar-refractivity contribution in [3.63, 3.8) is 0 Å². The number of nitrogens with one attached hydrogen (secondary N) is 2. The van der Waals surface area contributed by atoms with Crippen LogP contribution in [0.25, 0.3) is 21.7 Å². The summed E-state index contributed by atoms with van der Waals surface area (Å²) in [6, 6.07) is 4.84. The molecule has 0 aromatic carbocycles. The molecular formula is C17H17N3O2S. The number of aromatic amines is 2. The van der Waals surface area contributed by atoms with Gasteiger partial charge in [0.2, 0.25) is 5.56 Å². The summed E-state index contributed by atoms with van der Waals surface area (Å²) in [5, 5.41) is 0.738. The van der Waals surface area contributed by atoms with Crippen LogP contribution in [0.2, 0.25) is 0 Å². The largest absolute Gasteiger partial charge is 0.319 e. The molecule has 4 rings (SSSR count). The van der Waals surface area contributed by atoms with E-state index >= 15 is 0 Å². The molecule has 23 heavy (non-hydrogen) atoms. The van der Waals surface area contributed by atoms with Crippen LogP contribution in [0.5, 0.6) is 0 Å². The van der Waals surface area contributed by atoms with E-state index in [-0.39, 0.29) is 11.1 Å². The minimum atomic E-state index is -0.207. The Hall–Kier alpha value is -2.21. The maximum atomic E-state index is 12.6. The van der Waals surface area contributed by atoms with Gasteiger partial charge in [-0.15, -0.1) is 11.3 Å². The molecular weight excluding hydrogens is 310 g/mol. The van der Waals surface area contributed by atoms with E-state index in [1.807, 2.05) is 0 Å². The molecule has 3 aromatic rings. The molecule has 0 unspecified atom stereocenters. The molecule has 0 amide bonds. The quantitative estimate of drug-likeness (QED) is 0.759. The highest BCUT2D eigenvalue weighted by Crippen LogP contribution is 2.37. The van der Waals surface area contributed by atoms with Crippen LogP contribution in [0.15, 0.2) is 27.8 Å². The lowest BCUT2D eigenvalue weighted by molar-refractivity contribution is 0.451. The van der Waals surface area contributed by atoms with Gasteiger partial charge in [0, 0.05) is 10.9 Å². The Morgan fingerprint density at radius 2 is 2.17 bits per heavy atom. The van der Waals surface area contributed by atoms with Crippen molar-refractivity contribution in [2.24, 2.45) is 5.92 Å². The summed E-state index contributed by atoms with van der Waals surface area (Å²) in [5.41, 5.74) is 1.40. The number of fused-ring (bicyclic) bond motifs is 3. The number of H-pyrrole nitrogens is 2. The topological polar surface area (TPSA) is 78.6 Å². The van der Waals surface area contributed by atoms with Crippen LogP contribution in [0.3, 0.4) is 0 Å². The number of thiophene rings is 1. The fourth-order valence-corrected chi connectivity index (χ4v) is 4.65. The SMILES string of the molecule is CC[C@@H]1CCc2c(sc3nc(-c4cccc(=O)[nH]4)[nH]c(=O)c23)C1. The van der Waals surface area contributed by atoms with Gasteiger partial charge >= 0.3 is 0 Å². The van der Waals surface area contributed by atoms with Gasteiger partial charge in [-0.05, 0) is 36.8 Å². The Balaban J connectivity index is 1.89. The van der Waals surface area contributed by atoms with Crippen LogP contribution in [0.1, 0.15) is 30.2 Å². The first kappa shape index (κ1) is 14.4. The number of rotatable bonds is 2. The molecule has 1 aliphatic rings. The van der Waals surface area contributed by atoms with E-state index in [1.165, 1.54) is 22.9 Å². The molecule has 0 spiro atoms. The zero-order chi connectivity index (χ0) is 16.0. The van der Waals surface area contributed by atoms with Gasteiger partial charge in [0.25, 0.3) is 5.56 Å². The first-order valence-electron chi connectivity index (χ1n) is 7.90. The molecule has 1 aliphatic carbocycles. The molecule has 0 radical (unpaired) electrons. The third kappa shape index (κ3) is 2.43. The van der Waals surface area contributed by atoms with Crippen molar-refractivity contribution < 1.29 is 0 Å². The van der Waals surface area contributed by atoms with E-state index in [0.717, 1.165) is 29.5 Å². The first-order chi connectivity index (χ1) is 11.2. The molecule has 5 nitrogen and oxygen atoms in total. The van der Waals surface area contributed by atoms with Gasteiger partial charge in [-0.25, -0.2) is 4.98 Å². The maximum absolute atomic E-state index is 12.6. The van der Waals surface area contributed by atoms with E-state index in [2.05, 4.69) is 21.9 Å². The van der Waals surface area contributed by atoms with Crippen LogP contribution < -0.4 is 11.1 Å². The molecule has 6 heteroatoms.